The molecular weight excluding hydrogens is 376 g/mol. The van der Waals surface area contributed by atoms with Crippen LogP contribution in [-0.2, 0) is 0 Å². The second kappa shape index (κ2) is 7.85. The predicted octanol–water partition coefficient (Wildman–Crippen LogP) is 4.96. The maximum absolute atomic E-state index is 6.24. The van der Waals surface area contributed by atoms with Crippen LogP contribution in [0.3, 0.4) is 0 Å². The van der Waals surface area contributed by atoms with Gasteiger partial charge in [0, 0.05) is 41.0 Å². The van der Waals surface area contributed by atoms with E-state index in [0.717, 1.165) is 39.0 Å². The van der Waals surface area contributed by atoms with Crippen molar-refractivity contribution >= 4 is 11.0 Å². The Morgan fingerprint density at radius 1 is 1.03 bits per heavy atom. The number of benzene rings is 1. The highest BCUT2D eigenvalue weighted by Gasteiger charge is 2.18. The number of aromatic amines is 1. The van der Waals surface area contributed by atoms with Gasteiger partial charge in [-0.15, -0.1) is 0 Å². The number of fused-ring (bicyclic) bond motifs is 1. The minimum Gasteiger partial charge on any atom is -0.483 e. The molecule has 0 amide bonds. The third-order valence-electron chi connectivity index (χ3n) is 5.06. The monoisotopic (exact) mass is 396 g/mol. The van der Waals surface area contributed by atoms with Crippen molar-refractivity contribution in [1.29, 1.82) is 0 Å². The van der Waals surface area contributed by atoms with Crippen molar-refractivity contribution in [3.05, 3.63) is 91.3 Å². The highest BCUT2D eigenvalue weighted by atomic mass is 16.5. The SMILES string of the molecule is NC[C@H](Oc1cnc(-c2ccoc2)c(-c2c[nH]c3ncccc23)c1)c1ccccc1. The van der Waals surface area contributed by atoms with Crippen LogP contribution >= 0.6 is 0 Å². The van der Waals surface area contributed by atoms with E-state index in [9.17, 15) is 0 Å². The molecule has 0 spiro atoms. The lowest BCUT2D eigenvalue weighted by atomic mass is 10.0. The number of nitrogens with two attached hydrogens (primary N) is 1. The lowest BCUT2D eigenvalue weighted by Crippen LogP contribution is -2.18. The Morgan fingerprint density at radius 3 is 2.73 bits per heavy atom. The Bertz CT molecular complexity index is 1260. The summed E-state index contributed by atoms with van der Waals surface area (Å²) in [5, 5.41) is 1.01. The molecule has 5 rings (SSSR count). The van der Waals surface area contributed by atoms with Crippen LogP contribution in [0, 0.1) is 0 Å². The highest BCUT2D eigenvalue weighted by Crippen LogP contribution is 2.37. The number of rotatable bonds is 6. The van der Waals surface area contributed by atoms with Crippen LogP contribution < -0.4 is 10.5 Å². The molecule has 4 aromatic heterocycles. The molecule has 5 aromatic rings. The summed E-state index contributed by atoms with van der Waals surface area (Å²) >= 11 is 0. The zero-order valence-electron chi connectivity index (χ0n) is 16.2. The maximum atomic E-state index is 6.24. The van der Waals surface area contributed by atoms with Crippen molar-refractivity contribution in [1.82, 2.24) is 15.0 Å². The van der Waals surface area contributed by atoms with E-state index in [1.165, 1.54) is 0 Å². The fourth-order valence-electron chi connectivity index (χ4n) is 3.61. The van der Waals surface area contributed by atoms with E-state index in [0.29, 0.717) is 12.3 Å². The van der Waals surface area contributed by atoms with Crippen molar-refractivity contribution in [2.75, 3.05) is 6.54 Å². The number of hydrogen-bond acceptors (Lipinski definition) is 5. The molecule has 3 N–H and O–H groups in total. The molecule has 0 unspecified atom stereocenters. The van der Waals surface area contributed by atoms with Crippen LogP contribution in [0.4, 0.5) is 0 Å². The molecule has 0 aliphatic carbocycles. The molecule has 148 valence electrons. The molecule has 4 heterocycles. The number of nitrogens with one attached hydrogen (secondary N) is 1. The smallest absolute Gasteiger partial charge is 0.139 e. The first-order valence-corrected chi connectivity index (χ1v) is 9.70. The summed E-state index contributed by atoms with van der Waals surface area (Å²) < 4.78 is 11.5. The van der Waals surface area contributed by atoms with E-state index in [2.05, 4.69) is 9.97 Å². The highest BCUT2D eigenvalue weighted by molar-refractivity contribution is 5.97. The van der Waals surface area contributed by atoms with Gasteiger partial charge >= 0.3 is 0 Å². The number of furan rings is 1. The van der Waals surface area contributed by atoms with Crippen LogP contribution in [0.5, 0.6) is 5.75 Å². The average Bonchev–Trinajstić information content (AvgIpc) is 3.48. The summed E-state index contributed by atoms with van der Waals surface area (Å²) in [5.74, 6) is 0.648. The van der Waals surface area contributed by atoms with Crippen molar-refractivity contribution in [3.8, 4) is 28.1 Å². The minimum absolute atomic E-state index is 0.259. The standard InChI is InChI=1S/C24H20N4O2/c25-12-22(16-5-2-1-3-6-16)30-18-11-20(23(27-13-18)17-8-10-29-15-17)21-14-28-24-19(21)7-4-9-26-24/h1-11,13-15,22H,12,25H2,(H,26,28)/t22-/m0/s1. The Balaban J connectivity index is 1.60. The first-order valence-electron chi connectivity index (χ1n) is 9.70. The lowest BCUT2D eigenvalue weighted by Gasteiger charge is -2.19. The second-order valence-corrected chi connectivity index (χ2v) is 6.93. The largest absolute Gasteiger partial charge is 0.483 e. The van der Waals surface area contributed by atoms with E-state index in [1.807, 2.05) is 60.8 Å². The van der Waals surface area contributed by atoms with Crippen molar-refractivity contribution in [2.45, 2.75) is 6.10 Å². The number of H-pyrrole nitrogens is 1. The summed E-state index contributed by atoms with van der Waals surface area (Å²) in [6.45, 7) is 0.361. The Labute approximate surface area is 173 Å². The molecule has 30 heavy (non-hydrogen) atoms. The normalized spacial score (nSPS) is 12.2. The Hall–Kier alpha value is -3.90. The Kier molecular flexibility index (Phi) is 4.75. The quantitative estimate of drug-likeness (QED) is 0.423. The van der Waals surface area contributed by atoms with Gasteiger partial charge in [0.15, 0.2) is 0 Å². The molecule has 1 aromatic carbocycles. The number of aromatic nitrogens is 3. The van der Waals surface area contributed by atoms with Crippen LogP contribution in [0.15, 0.2) is 90.1 Å². The molecular formula is C24H20N4O2. The summed E-state index contributed by atoms with van der Waals surface area (Å²) in [6, 6.07) is 17.8. The zero-order chi connectivity index (χ0) is 20.3. The molecule has 0 fully saturated rings. The molecule has 0 saturated carbocycles. The van der Waals surface area contributed by atoms with Crippen molar-refractivity contribution in [3.63, 3.8) is 0 Å². The van der Waals surface area contributed by atoms with Gasteiger partial charge in [-0.3, -0.25) is 4.98 Å². The first-order chi connectivity index (χ1) is 14.8. The molecule has 1 atom stereocenters. The zero-order valence-corrected chi connectivity index (χ0v) is 16.2. The minimum atomic E-state index is -0.259. The number of ether oxygens (including phenoxy) is 1. The summed E-state index contributed by atoms with van der Waals surface area (Å²) in [4.78, 5) is 12.3. The van der Waals surface area contributed by atoms with Gasteiger partial charge in [-0.25, -0.2) is 4.98 Å². The third-order valence-corrected chi connectivity index (χ3v) is 5.06. The van der Waals surface area contributed by atoms with Gasteiger partial charge in [0.2, 0.25) is 0 Å². The molecule has 0 radical (unpaired) electrons. The molecule has 0 aliphatic rings. The third kappa shape index (κ3) is 3.33. The van der Waals surface area contributed by atoms with Crippen LogP contribution in [0.1, 0.15) is 11.7 Å². The summed E-state index contributed by atoms with van der Waals surface area (Å²) in [5.41, 5.74) is 11.5. The van der Waals surface area contributed by atoms with Crippen molar-refractivity contribution in [2.24, 2.45) is 5.73 Å². The second-order valence-electron chi connectivity index (χ2n) is 6.93. The predicted molar refractivity (Wildman–Crippen MR) is 116 cm³/mol. The van der Waals surface area contributed by atoms with E-state index in [1.54, 1.807) is 24.9 Å². The van der Waals surface area contributed by atoms with Crippen LogP contribution in [0.2, 0.25) is 0 Å². The number of nitrogens with zero attached hydrogens (tertiary/aromatic N) is 2. The van der Waals surface area contributed by atoms with Gasteiger partial charge in [-0.1, -0.05) is 30.3 Å². The lowest BCUT2D eigenvalue weighted by molar-refractivity contribution is 0.213. The van der Waals surface area contributed by atoms with Crippen LogP contribution in [-0.4, -0.2) is 21.5 Å². The summed E-state index contributed by atoms with van der Waals surface area (Å²) in [6.07, 6.45) is 8.51. The first kappa shape index (κ1) is 18.1. The average molecular weight is 396 g/mol. The van der Waals surface area contributed by atoms with Gasteiger partial charge in [-0.2, -0.15) is 0 Å². The van der Waals surface area contributed by atoms with E-state index in [-0.39, 0.29) is 6.10 Å². The fourth-order valence-corrected chi connectivity index (χ4v) is 3.61. The van der Waals surface area contributed by atoms with Crippen LogP contribution in [0.25, 0.3) is 33.4 Å². The van der Waals surface area contributed by atoms with E-state index in [4.69, 9.17) is 19.9 Å². The molecule has 0 aliphatic heterocycles. The van der Waals surface area contributed by atoms with Gasteiger partial charge in [0.1, 0.15) is 17.5 Å². The maximum Gasteiger partial charge on any atom is 0.139 e. The van der Waals surface area contributed by atoms with Gasteiger partial charge in [0.05, 0.1) is 24.4 Å². The van der Waals surface area contributed by atoms with Crippen molar-refractivity contribution < 1.29 is 9.15 Å². The Morgan fingerprint density at radius 2 is 1.93 bits per heavy atom. The van der Waals surface area contributed by atoms with E-state index < -0.39 is 0 Å². The molecule has 0 saturated heterocycles. The van der Waals surface area contributed by atoms with Gasteiger partial charge < -0.3 is 19.9 Å². The van der Waals surface area contributed by atoms with Gasteiger partial charge in [0.25, 0.3) is 0 Å². The molecule has 0 bridgehead atoms. The van der Waals surface area contributed by atoms with Gasteiger partial charge in [-0.05, 0) is 29.8 Å². The fraction of sp³-hybridized carbons (Fsp3) is 0.0833. The van der Waals surface area contributed by atoms with E-state index >= 15 is 0 Å². The topological polar surface area (TPSA) is 90.0 Å². The molecule has 6 heteroatoms. The summed E-state index contributed by atoms with van der Waals surface area (Å²) in [7, 11) is 0. The number of hydrogen-bond donors (Lipinski definition) is 2. The molecule has 6 nitrogen and oxygen atoms in total. The number of pyridine rings is 2.